The second-order valence-electron chi connectivity index (χ2n) is 3.33. The molecular formula is C12H11NO2. The number of nitrogens with two attached hydrogens (primary N) is 1. The van der Waals surface area contributed by atoms with Gasteiger partial charge in [0, 0.05) is 11.3 Å². The maximum atomic E-state index is 11.9. The number of hydrogen-bond donors (Lipinski definition) is 1. The Morgan fingerprint density at radius 2 is 2.07 bits per heavy atom. The normalized spacial score (nSPS) is 10.2. The number of furan rings is 1. The molecule has 76 valence electrons. The van der Waals surface area contributed by atoms with Crippen LogP contribution in [0.15, 0.2) is 41.0 Å². The van der Waals surface area contributed by atoms with Crippen LogP contribution in [0.1, 0.15) is 21.7 Å². The summed E-state index contributed by atoms with van der Waals surface area (Å²) >= 11 is 0. The molecule has 3 nitrogen and oxygen atoms in total. The van der Waals surface area contributed by atoms with Gasteiger partial charge in [-0.1, -0.05) is 12.1 Å². The molecule has 2 rings (SSSR count). The molecule has 0 amide bonds. The largest absolute Gasteiger partial charge is 0.461 e. The van der Waals surface area contributed by atoms with E-state index in [2.05, 4.69) is 0 Å². The first-order valence-electron chi connectivity index (χ1n) is 4.63. The fourth-order valence-electron chi connectivity index (χ4n) is 1.44. The molecule has 1 aromatic heterocycles. The van der Waals surface area contributed by atoms with E-state index in [1.165, 1.54) is 6.26 Å². The van der Waals surface area contributed by atoms with Crippen molar-refractivity contribution < 1.29 is 9.21 Å². The molecule has 0 bridgehead atoms. The van der Waals surface area contributed by atoms with Crippen molar-refractivity contribution in [2.75, 3.05) is 5.73 Å². The van der Waals surface area contributed by atoms with Gasteiger partial charge < -0.3 is 10.2 Å². The molecule has 3 heteroatoms. The first-order valence-corrected chi connectivity index (χ1v) is 4.63. The summed E-state index contributed by atoms with van der Waals surface area (Å²) in [6.45, 7) is 1.82. The van der Waals surface area contributed by atoms with Crippen LogP contribution in [0.4, 0.5) is 5.69 Å². The fraction of sp³-hybridized carbons (Fsp3) is 0.0833. The van der Waals surface area contributed by atoms with E-state index < -0.39 is 0 Å². The van der Waals surface area contributed by atoms with Crippen molar-refractivity contribution in [3.05, 3.63) is 53.5 Å². The highest BCUT2D eigenvalue weighted by molar-refractivity contribution is 6.08. The van der Waals surface area contributed by atoms with Gasteiger partial charge in [0.15, 0.2) is 5.76 Å². The highest BCUT2D eigenvalue weighted by atomic mass is 16.3. The number of anilines is 1. The minimum Gasteiger partial charge on any atom is -0.461 e. The van der Waals surface area contributed by atoms with E-state index in [1.807, 2.05) is 6.92 Å². The topological polar surface area (TPSA) is 56.2 Å². The van der Waals surface area contributed by atoms with Gasteiger partial charge in [0.25, 0.3) is 0 Å². The van der Waals surface area contributed by atoms with Crippen LogP contribution in [0.2, 0.25) is 0 Å². The quantitative estimate of drug-likeness (QED) is 0.599. The molecule has 0 spiro atoms. The zero-order valence-electron chi connectivity index (χ0n) is 8.36. The molecule has 0 saturated carbocycles. The molecule has 0 radical (unpaired) electrons. The first-order chi connectivity index (χ1) is 7.20. The Morgan fingerprint density at radius 3 is 2.73 bits per heavy atom. The summed E-state index contributed by atoms with van der Waals surface area (Å²) in [5.41, 5.74) is 7.73. The van der Waals surface area contributed by atoms with Gasteiger partial charge >= 0.3 is 0 Å². The van der Waals surface area contributed by atoms with Crippen molar-refractivity contribution in [3.63, 3.8) is 0 Å². The Hall–Kier alpha value is -2.03. The number of hydrogen-bond acceptors (Lipinski definition) is 3. The Kier molecular flexibility index (Phi) is 2.29. The van der Waals surface area contributed by atoms with Crippen LogP contribution in [0.25, 0.3) is 0 Å². The molecule has 0 unspecified atom stereocenters. The Morgan fingerprint density at radius 1 is 1.27 bits per heavy atom. The van der Waals surface area contributed by atoms with Crippen molar-refractivity contribution in [2.45, 2.75) is 6.92 Å². The molecule has 1 aromatic carbocycles. The Labute approximate surface area is 87.5 Å². The number of benzene rings is 1. The summed E-state index contributed by atoms with van der Waals surface area (Å²) in [4.78, 5) is 11.9. The van der Waals surface area contributed by atoms with Crippen LogP contribution in [0.5, 0.6) is 0 Å². The number of rotatable bonds is 2. The van der Waals surface area contributed by atoms with Gasteiger partial charge in [-0.25, -0.2) is 0 Å². The molecule has 0 aliphatic carbocycles. The van der Waals surface area contributed by atoms with Gasteiger partial charge in [0.1, 0.15) is 0 Å². The summed E-state index contributed by atoms with van der Waals surface area (Å²) in [6, 6.07) is 8.61. The van der Waals surface area contributed by atoms with E-state index in [9.17, 15) is 4.79 Å². The molecule has 0 saturated heterocycles. The third-order valence-electron chi connectivity index (χ3n) is 2.37. The molecule has 0 atom stereocenters. The zero-order chi connectivity index (χ0) is 10.8. The molecular weight excluding hydrogens is 190 g/mol. The number of carbonyl (C=O) groups excluding carboxylic acids is 1. The summed E-state index contributed by atoms with van der Waals surface area (Å²) in [6.07, 6.45) is 1.48. The average Bonchev–Trinajstić information content (AvgIpc) is 2.74. The van der Waals surface area contributed by atoms with Crippen molar-refractivity contribution in [3.8, 4) is 0 Å². The van der Waals surface area contributed by atoms with Crippen molar-refractivity contribution in [2.24, 2.45) is 0 Å². The van der Waals surface area contributed by atoms with Crippen LogP contribution in [0, 0.1) is 6.92 Å². The lowest BCUT2D eigenvalue weighted by molar-refractivity contribution is 0.101. The van der Waals surface area contributed by atoms with Crippen LogP contribution >= 0.6 is 0 Å². The molecule has 0 fully saturated rings. The van der Waals surface area contributed by atoms with Crippen LogP contribution in [-0.4, -0.2) is 5.78 Å². The fourth-order valence-corrected chi connectivity index (χ4v) is 1.44. The van der Waals surface area contributed by atoms with Crippen LogP contribution in [-0.2, 0) is 0 Å². The molecule has 2 aromatic rings. The minimum absolute atomic E-state index is 0.134. The first kappa shape index (κ1) is 9.52. The number of carbonyl (C=O) groups is 1. The van der Waals surface area contributed by atoms with Gasteiger partial charge in [0.05, 0.1) is 6.26 Å². The van der Waals surface area contributed by atoms with Crippen molar-refractivity contribution in [1.82, 2.24) is 0 Å². The maximum absolute atomic E-state index is 11.9. The minimum atomic E-state index is -0.134. The van der Waals surface area contributed by atoms with Crippen molar-refractivity contribution >= 4 is 11.5 Å². The highest BCUT2D eigenvalue weighted by Crippen LogP contribution is 2.19. The molecule has 1 heterocycles. The Balaban J connectivity index is 2.47. The number of nitrogen functional groups attached to an aromatic ring is 1. The lowest BCUT2D eigenvalue weighted by Crippen LogP contribution is -2.04. The van der Waals surface area contributed by atoms with Gasteiger partial charge in [-0.3, -0.25) is 4.79 Å². The summed E-state index contributed by atoms with van der Waals surface area (Å²) in [5.74, 6) is 0.202. The van der Waals surface area contributed by atoms with Crippen molar-refractivity contribution in [1.29, 1.82) is 0 Å². The predicted octanol–water partition coefficient (Wildman–Crippen LogP) is 2.40. The van der Waals surface area contributed by atoms with E-state index in [0.717, 1.165) is 5.56 Å². The summed E-state index contributed by atoms with van der Waals surface area (Å²) in [7, 11) is 0. The van der Waals surface area contributed by atoms with Crippen LogP contribution in [0.3, 0.4) is 0 Å². The second-order valence-corrected chi connectivity index (χ2v) is 3.33. The van der Waals surface area contributed by atoms with E-state index >= 15 is 0 Å². The highest BCUT2D eigenvalue weighted by Gasteiger charge is 2.14. The summed E-state index contributed by atoms with van der Waals surface area (Å²) < 4.78 is 5.05. The van der Waals surface area contributed by atoms with E-state index in [4.69, 9.17) is 10.2 Å². The predicted molar refractivity (Wildman–Crippen MR) is 57.7 cm³/mol. The van der Waals surface area contributed by atoms with E-state index in [-0.39, 0.29) is 5.78 Å². The molecule has 0 aliphatic heterocycles. The lowest BCUT2D eigenvalue weighted by atomic mass is 10.0. The zero-order valence-corrected chi connectivity index (χ0v) is 8.36. The van der Waals surface area contributed by atoms with E-state index in [0.29, 0.717) is 17.0 Å². The SMILES string of the molecule is Cc1c(N)cccc1C(=O)c1ccco1. The summed E-state index contributed by atoms with van der Waals surface area (Å²) in [5, 5.41) is 0. The smallest absolute Gasteiger partial charge is 0.228 e. The lowest BCUT2D eigenvalue weighted by Gasteiger charge is -2.05. The van der Waals surface area contributed by atoms with Gasteiger partial charge in [-0.15, -0.1) is 0 Å². The second kappa shape index (κ2) is 3.61. The Bertz CT molecular complexity index is 486. The van der Waals surface area contributed by atoms with Crippen LogP contribution < -0.4 is 5.73 Å². The third-order valence-corrected chi connectivity index (χ3v) is 2.37. The monoisotopic (exact) mass is 201 g/mol. The van der Waals surface area contributed by atoms with E-state index in [1.54, 1.807) is 30.3 Å². The van der Waals surface area contributed by atoms with Gasteiger partial charge in [-0.2, -0.15) is 0 Å². The number of ketones is 1. The molecule has 2 N–H and O–H groups in total. The molecule has 15 heavy (non-hydrogen) atoms. The third kappa shape index (κ3) is 1.64. The van der Waals surface area contributed by atoms with Gasteiger partial charge in [-0.05, 0) is 30.7 Å². The molecule has 0 aliphatic rings. The van der Waals surface area contributed by atoms with Gasteiger partial charge in [0.2, 0.25) is 5.78 Å². The standard InChI is InChI=1S/C12H11NO2/c1-8-9(4-2-5-10(8)13)12(14)11-6-3-7-15-11/h2-7H,13H2,1H3. The maximum Gasteiger partial charge on any atom is 0.228 e. The average molecular weight is 201 g/mol.